The van der Waals surface area contributed by atoms with Gasteiger partial charge in [0.15, 0.2) is 17.5 Å². The van der Waals surface area contributed by atoms with Crippen LogP contribution in [0.1, 0.15) is 60.1 Å². The van der Waals surface area contributed by atoms with E-state index in [9.17, 15) is 5.41 Å². The molecule has 7 aromatic rings. The summed E-state index contributed by atoms with van der Waals surface area (Å²) in [6.45, 7) is 4.02. The summed E-state index contributed by atoms with van der Waals surface area (Å²) in [7, 11) is -4.59. The Morgan fingerprint density at radius 1 is 0.635 bits per heavy atom. The third-order valence-corrected chi connectivity index (χ3v) is 17.4. The molecule has 4 aliphatic heterocycles. The molecule has 1 N–H and O–H groups in total. The number of phosphoric acid groups is 1. The largest absolute Gasteiger partial charge is 0.624 e. The Kier molecular flexibility index (Phi) is 9.52. The molecule has 12 nitrogen and oxygen atoms in total. The summed E-state index contributed by atoms with van der Waals surface area (Å²) >= 11 is -3.43. The minimum atomic E-state index is -4.59. The molecular formula is C49H38AlN8O4P. The van der Waals surface area contributed by atoms with Crippen molar-refractivity contribution in [3.05, 3.63) is 191 Å². The van der Waals surface area contributed by atoms with Crippen LogP contribution in [0.3, 0.4) is 0 Å². The van der Waals surface area contributed by atoms with Crippen molar-refractivity contribution in [2.24, 2.45) is 25.0 Å². The van der Waals surface area contributed by atoms with E-state index in [1.54, 1.807) is 48.5 Å². The SMILES string of the molecule is CC[C](CC)(OP(=O)(Oc1ccccc1)Oc1ccccc1)[Al]1[N]2C(=N)c3ccccc3C2=NC2=NC(=Nc3c4ccccc4c(N=C4N=Cc5ccccc54)[n]31)c1ccccc12. The van der Waals surface area contributed by atoms with Gasteiger partial charge in [-0.05, 0) is 37.1 Å². The summed E-state index contributed by atoms with van der Waals surface area (Å²) in [5, 5.41) is 11.8. The summed E-state index contributed by atoms with van der Waals surface area (Å²) in [5.41, 5.74) is 4.94. The maximum atomic E-state index is 15.8. The Morgan fingerprint density at radius 2 is 1.17 bits per heavy atom. The maximum Gasteiger partial charge on any atom is 0.624 e. The molecule has 63 heavy (non-hydrogen) atoms. The van der Waals surface area contributed by atoms with Crippen molar-refractivity contribution < 1.29 is 18.1 Å². The Bertz CT molecular complexity index is 3170. The molecule has 0 aliphatic carbocycles. The number of phosphoric ester groups is 1. The highest BCUT2D eigenvalue weighted by Crippen LogP contribution is 2.56. The molecule has 1 aromatic heterocycles. The lowest BCUT2D eigenvalue weighted by Crippen LogP contribution is -2.63. The topological polar surface area (TPSA) is 139 Å². The molecule has 0 unspecified atom stereocenters. The van der Waals surface area contributed by atoms with E-state index >= 15 is 4.57 Å². The minimum absolute atomic E-state index is 0.210. The Balaban J connectivity index is 1.24. The van der Waals surface area contributed by atoms with E-state index in [0.29, 0.717) is 64.9 Å². The van der Waals surface area contributed by atoms with E-state index in [4.69, 9.17) is 38.5 Å². The summed E-state index contributed by atoms with van der Waals surface area (Å²) in [4.78, 5) is 26.3. The van der Waals surface area contributed by atoms with Crippen LogP contribution in [0.2, 0.25) is 0 Å². The lowest BCUT2D eigenvalue weighted by Gasteiger charge is -2.42. The van der Waals surface area contributed by atoms with Gasteiger partial charge in [0.25, 0.3) is 0 Å². The number of aromatic nitrogens is 1. The monoisotopic (exact) mass is 860 g/mol. The van der Waals surface area contributed by atoms with Gasteiger partial charge in [-0.25, -0.2) is 29.5 Å². The van der Waals surface area contributed by atoms with Crippen molar-refractivity contribution >= 4 is 80.2 Å². The number of fused-ring (bicyclic) bond motifs is 11. The molecular weight excluding hydrogens is 823 g/mol. The van der Waals surface area contributed by atoms with Crippen LogP contribution >= 0.6 is 7.82 Å². The van der Waals surface area contributed by atoms with Gasteiger partial charge in [-0.1, -0.05) is 147 Å². The first-order valence-electron chi connectivity index (χ1n) is 20.9. The molecule has 0 fully saturated rings. The lowest BCUT2D eigenvalue weighted by molar-refractivity contribution is 0.0900. The van der Waals surface area contributed by atoms with Crippen LogP contribution in [0.25, 0.3) is 10.8 Å². The van der Waals surface area contributed by atoms with Crippen LogP contribution in [0.4, 0.5) is 11.6 Å². The molecule has 4 aliphatic rings. The number of aliphatic imine (C=N–C) groups is 5. The number of hydrogen-bond acceptors (Lipinski definition) is 9. The number of rotatable bonds is 10. The standard InChI is InChI=1S/C32H18N8.C17H20O4P.Al/c33-26-20-11-3-4-12-21(20)28(35-26)37-30-24-15-7-8-16-25(24)32(39-30)40-31-23-14-6-5-13-22(23)29(38-31)36-27-19-10-2-1-9-18(19)17-34-27;1-3-15(4-2)19-22(18,20-16-11-7-5-8-12-16)21-17-13-9-6-10-14-17;/h1-17H,(H-,33,35,37,39,40);5-14H,3-4H2,1-2H3;/q-2;;+2. The van der Waals surface area contributed by atoms with Crippen LogP contribution in [0.5, 0.6) is 11.5 Å². The Labute approximate surface area is 368 Å². The van der Waals surface area contributed by atoms with E-state index < -0.39 is 26.9 Å². The van der Waals surface area contributed by atoms with Crippen molar-refractivity contribution in [1.29, 1.82) is 5.41 Å². The normalized spacial score (nSPS) is 15.6. The second-order valence-corrected chi connectivity index (χ2v) is 19.7. The van der Waals surface area contributed by atoms with Crippen molar-refractivity contribution in [2.75, 3.05) is 0 Å². The van der Waals surface area contributed by atoms with E-state index in [1.807, 2.05) is 133 Å². The number of para-hydroxylation sites is 2. The number of amidine groups is 5. The molecule has 0 spiro atoms. The molecule has 0 atom stereocenters. The van der Waals surface area contributed by atoms with E-state index in [-0.39, 0.29) is 5.84 Å². The summed E-state index contributed by atoms with van der Waals surface area (Å²) in [6, 6.07) is 49.5. The van der Waals surface area contributed by atoms with Gasteiger partial charge < -0.3 is 16.5 Å². The molecule has 0 amide bonds. The van der Waals surface area contributed by atoms with Gasteiger partial charge in [-0.15, -0.1) is 0 Å². The summed E-state index contributed by atoms with van der Waals surface area (Å²) in [6.07, 6.45) is 2.46. The third-order valence-electron chi connectivity index (χ3n) is 11.9. The summed E-state index contributed by atoms with van der Waals surface area (Å²) < 4.78 is 38.6. The highest BCUT2D eigenvalue weighted by molar-refractivity contribution is 7.49. The van der Waals surface area contributed by atoms with Crippen LogP contribution in [0, 0.1) is 5.41 Å². The van der Waals surface area contributed by atoms with Crippen molar-refractivity contribution in [3.8, 4) is 11.5 Å². The predicted octanol–water partition coefficient (Wildman–Crippen LogP) is 10.8. The number of benzene rings is 6. The Morgan fingerprint density at radius 3 is 1.83 bits per heavy atom. The van der Waals surface area contributed by atoms with Gasteiger partial charge in [0, 0.05) is 50.4 Å². The molecule has 6 aromatic carbocycles. The molecule has 5 heterocycles. The second kappa shape index (κ2) is 15.4. The lowest BCUT2D eigenvalue weighted by atomic mass is 10.1. The fourth-order valence-electron chi connectivity index (χ4n) is 8.84. The van der Waals surface area contributed by atoms with Gasteiger partial charge in [0.1, 0.15) is 34.8 Å². The first-order valence-corrected chi connectivity index (χ1v) is 23.9. The highest BCUT2D eigenvalue weighted by atomic mass is 31.2. The summed E-state index contributed by atoms with van der Waals surface area (Å²) in [5.74, 6) is 3.97. The first kappa shape index (κ1) is 38.9. The van der Waals surface area contributed by atoms with Crippen molar-refractivity contribution in [2.45, 2.75) is 31.2 Å². The fourth-order valence-corrected chi connectivity index (χ4v) is 14.8. The van der Waals surface area contributed by atoms with Gasteiger partial charge in [0.05, 0.1) is 4.46 Å². The van der Waals surface area contributed by atoms with Gasteiger partial charge in [0.2, 0.25) is 0 Å². The van der Waals surface area contributed by atoms with Crippen molar-refractivity contribution in [1.82, 2.24) is 7.43 Å². The van der Waals surface area contributed by atoms with Crippen LogP contribution in [0.15, 0.2) is 183 Å². The molecule has 0 saturated carbocycles. The minimum Gasteiger partial charge on any atom is -0.395 e. The quantitative estimate of drug-likeness (QED) is 0.108. The number of nitrogens with zero attached hydrogens (tertiary/aromatic N) is 7. The smallest absolute Gasteiger partial charge is 0.395 e. The maximum absolute atomic E-state index is 15.8. The van der Waals surface area contributed by atoms with Crippen molar-refractivity contribution in [3.63, 3.8) is 0 Å². The van der Waals surface area contributed by atoms with E-state index in [1.165, 1.54) is 0 Å². The average Bonchev–Trinajstić information content (AvgIpc) is 4.05. The molecule has 11 rings (SSSR count). The molecule has 0 radical (unpaired) electrons. The zero-order chi connectivity index (χ0) is 42.7. The van der Waals surface area contributed by atoms with Crippen LogP contribution in [-0.4, -0.2) is 61.9 Å². The van der Waals surface area contributed by atoms with E-state index in [2.05, 4.69) is 3.55 Å². The molecule has 2 bridgehead atoms. The van der Waals surface area contributed by atoms with Gasteiger partial charge in [-0.2, -0.15) is 0 Å². The molecule has 14 heteroatoms. The van der Waals surface area contributed by atoms with Crippen LogP contribution in [-0.2, 0) is 9.09 Å². The second-order valence-electron chi connectivity index (χ2n) is 15.5. The number of nitrogens with one attached hydrogen (secondary N) is 1. The molecule has 0 saturated heterocycles. The van der Waals surface area contributed by atoms with E-state index in [0.717, 1.165) is 38.6 Å². The number of hydrogen-bond donors (Lipinski definition) is 1. The van der Waals surface area contributed by atoms with Crippen LogP contribution < -0.4 is 9.05 Å². The Hall–Kier alpha value is -7.00. The zero-order valence-corrected chi connectivity index (χ0v) is 36.3. The van der Waals surface area contributed by atoms with Gasteiger partial charge in [-0.3, -0.25) is 9.93 Å². The average molecular weight is 861 g/mol. The molecule has 306 valence electrons. The fraction of sp³-hybridized carbons (Fsp3) is 0.102. The zero-order valence-electron chi connectivity index (χ0n) is 34.3. The van der Waals surface area contributed by atoms with Gasteiger partial charge >= 0.3 is 22.4 Å². The predicted molar refractivity (Wildman–Crippen MR) is 250 cm³/mol. The third kappa shape index (κ3) is 6.52. The highest BCUT2D eigenvalue weighted by Gasteiger charge is 2.61. The first-order chi connectivity index (χ1) is 30.9.